The van der Waals surface area contributed by atoms with Crippen molar-refractivity contribution in [3.05, 3.63) is 30.1 Å². The SMILES string of the molecule is CNC1C(S(=O)(=O)c2ccc(F)cc2)CCC1(C)C. The summed E-state index contributed by atoms with van der Waals surface area (Å²) >= 11 is 0. The highest BCUT2D eigenvalue weighted by molar-refractivity contribution is 7.92. The standard InChI is InChI=1S/C14H20FNO2S/c1-14(2)9-8-12(13(14)16-3)19(17,18)11-6-4-10(15)5-7-11/h4-7,12-13,16H,8-9H2,1-3H3. The lowest BCUT2D eigenvalue weighted by atomic mass is 9.87. The minimum atomic E-state index is -3.42. The minimum absolute atomic E-state index is 0.0491. The van der Waals surface area contributed by atoms with Crippen LogP contribution in [0.15, 0.2) is 29.2 Å². The maximum absolute atomic E-state index is 12.9. The first-order valence-corrected chi connectivity index (χ1v) is 8.00. The first kappa shape index (κ1) is 14.5. The molecule has 0 spiro atoms. The van der Waals surface area contributed by atoms with E-state index >= 15 is 0 Å². The molecule has 0 bridgehead atoms. The molecule has 2 unspecified atom stereocenters. The van der Waals surface area contributed by atoms with Gasteiger partial charge in [-0.05, 0) is 49.6 Å². The first-order chi connectivity index (χ1) is 8.79. The average molecular weight is 285 g/mol. The molecule has 1 aliphatic rings. The van der Waals surface area contributed by atoms with Crippen LogP contribution in [0.2, 0.25) is 0 Å². The van der Waals surface area contributed by atoms with Gasteiger partial charge in [-0.2, -0.15) is 0 Å². The topological polar surface area (TPSA) is 46.2 Å². The summed E-state index contributed by atoms with van der Waals surface area (Å²) in [5, 5.41) is 2.69. The summed E-state index contributed by atoms with van der Waals surface area (Å²) < 4.78 is 38.2. The normalized spacial score (nSPS) is 26.5. The molecule has 1 aliphatic carbocycles. The van der Waals surface area contributed by atoms with Crippen molar-refractivity contribution in [3.8, 4) is 0 Å². The van der Waals surface area contributed by atoms with Crippen molar-refractivity contribution in [2.24, 2.45) is 5.41 Å². The molecular formula is C14H20FNO2S. The second-order valence-corrected chi connectivity index (χ2v) is 8.00. The van der Waals surface area contributed by atoms with Crippen LogP contribution in [-0.4, -0.2) is 26.8 Å². The van der Waals surface area contributed by atoms with Crippen LogP contribution in [0.1, 0.15) is 26.7 Å². The molecule has 1 N–H and O–H groups in total. The zero-order valence-corrected chi connectivity index (χ0v) is 12.3. The van der Waals surface area contributed by atoms with E-state index in [1.165, 1.54) is 24.3 Å². The predicted molar refractivity (Wildman–Crippen MR) is 73.2 cm³/mol. The molecule has 1 aromatic carbocycles. The third kappa shape index (κ3) is 2.54. The van der Waals surface area contributed by atoms with E-state index in [0.29, 0.717) is 6.42 Å². The van der Waals surface area contributed by atoms with Gasteiger partial charge in [0.05, 0.1) is 10.1 Å². The summed E-state index contributed by atoms with van der Waals surface area (Å²) in [6.45, 7) is 4.16. The largest absolute Gasteiger partial charge is 0.315 e. The molecule has 0 radical (unpaired) electrons. The van der Waals surface area contributed by atoms with E-state index in [2.05, 4.69) is 19.2 Å². The fourth-order valence-electron chi connectivity index (χ4n) is 3.05. The van der Waals surface area contributed by atoms with Gasteiger partial charge in [-0.1, -0.05) is 13.8 Å². The van der Waals surface area contributed by atoms with Gasteiger partial charge in [-0.3, -0.25) is 0 Å². The second kappa shape index (κ2) is 4.87. The molecule has 1 saturated carbocycles. The third-order valence-electron chi connectivity index (χ3n) is 4.14. The lowest BCUT2D eigenvalue weighted by Crippen LogP contribution is -2.45. The van der Waals surface area contributed by atoms with E-state index in [1.54, 1.807) is 7.05 Å². The van der Waals surface area contributed by atoms with Gasteiger partial charge in [0.25, 0.3) is 0 Å². The Labute approximate surface area is 114 Å². The number of benzene rings is 1. The highest BCUT2D eigenvalue weighted by Gasteiger charge is 2.47. The monoisotopic (exact) mass is 285 g/mol. The van der Waals surface area contributed by atoms with Crippen LogP contribution in [0.25, 0.3) is 0 Å². The van der Waals surface area contributed by atoms with Crippen LogP contribution >= 0.6 is 0 Å². The minimum Gasteiger partial charge on any atom is -0.315 e. The van der Waals surface area contributed by atoms with Crippen molar-refractivity contribution >= 4 is 9.84 Å². The Morgan fingerprint density at radius 2 is 1.84 bits per heavy atom. The molecule has 0 aliphatic heterocycles. The van der Waals surface area contributed by atoms with Gasteiger partial charge in [0.2, 0.25) is 0 Å². The van der Waals surface area contributed by atoms with Crippen molar-refractivity contribution in [3.63, 3.8) is 0 Å². The molecule has 106 valence electrons. The van der Waals surface area contributed by atoms with Crippen LogP contribution in [0, 0.1) is 11.2 Å². The van der Waals surface area contributed by atoms with Crippen LogP contribution in [0.5, 0.6) is 0 Å². The lowest BCUT2D eigenvalue weighted by Gasteiger charge is -2.30. The molecule has 5 heteroatoms. The molecule has 0 aromatic heterocycles. The summed E-state index contributed by atoms with van der Waals surface area (Å²) in [4.78, 5) is 0.205. The average Bonchev–Trinajstić information content (AvgIpc) is 2.65. The molecule has 0 amide bonds. The molecule has 0 heterocycles. The third-order valence-corrected chi connectivity index (χ3v) is 6.37. The van der Waals surface area contributed by atoms with Gasteiger partial charge in [-0.15, -0.1) is 0 Å². The molecule has 19 heavy (non-hydrogen) atoms. The summed E-state index contributed by atoms with van der Waals surface area (Å²) in [7, 11) is -1.62. The number of sulfone groups is 1. The zero-order chi connectivity index (χ0) is 14.3. The Morgan fingerprint density at radius 1 is 1.26 bits per heavy atom. The van der Waals surface area contributed by atoms with Crippen LogP contribution in [-0.2, 0) is 9.84 Å². The zero-order valence-electron chi connectivity index (χ0n) is 11.5. The van der Waals surface area contributed by atoms with E-state index in [-0.39, 0.29) is 16.4 Å². The van der Waals surface area contributed by atoms with Gasteiger partial charge in [0.1, 0.15) is 5.82 Å². The van der Waals surface area contributed by atoms with Gasteiger partial charge < -0.3 is 5.32 Å². The Morgan fingerprint density at radius 3 is 2.37 bits per heavy atom. The molecule has 1 aromatic rings. The van der Waals surface area contributed by atoms with Gasteiger partial charge in [0, 0.05) is 6.04 Å². The highest BCUT2D eigenvalue weighted by Crippen LogP contribution is 2.42. The highest BCUT2D eigenvalue weighted by atomic mass is 32.2. The van der Waals surface area contributed by atoms with E-state index in [4.69, 9.17) is 0 Å². The Balaban J connectivity index is 2.38. The van der Waals surface area contributed by atoms with E-state index in [9.17, 15) is 12.8 Å². The fraction of sp³-hybridized carbons (Fsp3) is 0.571. The van der Waals surface area contributed by atoms with Crippen molar-refractivity contribution in [1.82, 2.24) is 5.32 Å². The fourth-order valence-corrected chi connectivity index (χ4v) is 5.21. The summed E-state index contributed by atoms with van der Waals surface area (Å²) in [5.41, 5.74) is -0.0491. The summed E-state index contributed by atoms with van der Waals surface area (Å²) in [6, 6.07) is 5.01. The summed E-state index contributed by atoms with van der Waals surface area (Å²) in [5.74, 6) is -0.420. The number of halogens is 1. The maximum Gasteiger partial charge on any atom is 0.182 e. The molecule has 3 nitrogen and oxygen atoms in total. The molecular weight excluding hydrogens is 265 g/mol. The number of nitrogens with one attached hydrogen (secondary N) is 1. The lowest BCUT2D eigenvalue weighted by molar-refractivity contribution is 0.297. The Kier molecular flexibility index (Phi) is 3.71. The Bertz CT molecular complexity index is 551. The van der Waals surface area contributed by atoms with Gasteiger partial charge >= 0.3 is 0 Å². The van der Waals surface area contributed by atoms with Crippen molar-refractivity contribution in [1.29, 1.82) is 0 Å². The van der Waals surface area contributed by atoms with Crippen LogP contribution in [0.4, 0.5) is 4.39 Å². The summed E-state index contributed by atoms with van der Waals surface area (Å²) in [6.07, 6.45) is 1.50. The smallest absolute Gasteiger partial charge is 0.182 e. The van der Waals surface area contributed by atoms with Crippen LogP contribution < -0.4 is 5.32 Å². The first-order valence-electron chi connectivity index (χ1n) is 6.46. The van der Waals surface area contributed by atoms with Crippen molar-refractivity contribution < 1.29 is 12.8 Å². The van der Waals surface area contributed by atoms with E-state index < -0.39 is 20.9 Å². The quantitative estimate of drug-likeness (QED) is 0.867. The Hall–Kier alpha value is -0.940. The van der Waals surface area contributed by atoms with Crippen molar-refractivity contribution in [2.45, 2.75) is 42.9 Å². The molecule has 2 atom stereocenters. The van der Waals surface area contributed by atoms with E-state index in [0.717, 1.165) is 6.42 Å². The van der Waals surface area contributed by atoms with Gasteiger partial charge in [-0.25, -0.2) is 12.8 Å². The molecule has 2 rings (SSSR count). The molecule has 0 saturated heterocycles. The number of rotatable bonds is 3. The van der Waals surface area contributed by atoms with Crippen molar-refractivity contribution in [2.75, 3.05) is 7.05 Å². The second-order valence-electron chi connectivity index (χ2n) is 5.83. The number of hydrogen-bond donors (Lipinski definition) is 1. The maximum atomic E-state index is 12.9. The van der Waals surface area contributed by atoms with Crippen LogP contribution in [0.3, 0.4) is 0 Å². The number of hydrogen-bond acceptors (Lipinski definition) is 3. The predicted octanol–water partition coefficient (Wildman–Crippen LogP) is 2.38. The van der Waals surface area contributed by atoms with E-state index in [1.807, 2.05) is 0 Å². The van der Waals surface area contributed by atoms with Gasteiger partial charge in [0.15, 0.2) is 9.84 Å². The molecule has 1 fully saturated rings.